The van der Waals surface area contributed by atoms with Crippen LogP contribution < -0.4 is 15.1 Å². The fourth-order valence-electron chi connectivity index (χ4n) is 3.89. The monoisotopic (exact) mass is 461 g/mol. The van der Waals surface area contributed by atoms with E-state index in [-0.39, 0.29) is 5.91 Å². The van der Waals surface area contributed by atoms with Crippen LogP contribution in [0, 0.1) is 20.8 Å². The Morgan fingerprint density at radius 2 is 1.58 bits per heavy atom. The van der Waals surface area contributed by atoms with Crippen LogP contribution >= 0.6 is 11.8 Å². The molecule has 1 N–H and O–H groups in total. The van der Waals surface area contributed by atoms with Crippen molar-refractivity contribution in [3.05, 3.63) is 76.9 Å². The van der Waals surface area contributed by atoms with Gasteiger partial charge in [-0.05, 0) is 55.7 Å². The highest BCUT2D eigenvalue weighted by molar-refractivity contribution is 7.99. The van der Waals surface area contributed by atoms with Gasteiger partial charge in [-0.2, -0.15) is 0 Å². The zero-order valence-corrected chi connectivity index (χ0v) is 20.4. The molecule has 1 saturated heterocycles. The lowest BCUT2D eigenvalue weighted by Gasteiger charge is -2.37. The lowest BCUT2D eigenvalue weighted by molar-refractivity contribution is -0.118. The summed E-state index contributed by atoms with van der Waals surface area (Å²) in [6, 6.07) is 18.8. The largest absolute Gasteiger partial charge is 0.368 e. The van der Waals surface area contributed by atoms with Gasteiger partial charge >= 0.3 is 0 Å². The molecule has 33 heavy (non-hydrogen) atoms. The molecule has 0 atom stereocenters. The van der Waals surface area contributed by atoms with Gasteiger partial charge in [0.2, 0.25) is 5.91 Å². The topological polar surface area (TPSA) is 61.4 Å². The van der Waals surface area contributed by atoms with Crippen molar-refractivity contribution in [2.45, 2.75) is 32.3 Å². The van der Waals surface area contributed by atoms with Crippen LogP contribution in [-0.2, 0) is 11.3 Å². The Morgan fingerprint density at radius 1 is 0.879 bits per heavy atom. The molecule has 0 saturated carbocycles. The first-order chi connectivity index (χ1) is 16.0. The molecule has 0 bridgehead atoms. The van der Waals surface area contributed by atoms with E-state index in [9.17, 15) is 4.79 Å². The number of hydrogen-bond donors (Lipinski definition) is 1. The van der Waals surface area contributed by atoms with Crippen molar-refractivity contribution in [1.82, 2.24) is 15.5 Å². The van der Waals surface area contributed by atoms with Crippen LogP contribution in [0.3, 0.4) is 0 Å². The summed E-state index contributed by atoms with van der Waals surface area (Å²) in [6.45, 7) is 10.7. The van der Waals surface area contributed by atoms with Crippen LogP contribution in [0.4, 0.5) is 11.5 Å². The molecule has 1 amide bonds. The van der Waals surface area contributed by atoms with Crippen molar-refractivity contribution in [2.24, 2.45) is 0 Å². The maximum absolute atomic E-state index is 12.2. The third-order valence-electron chi connectivity index (χ3n) is 5.90. The molecule has 1 aliphatic heterocycles. The van der Waals surface area contributed by atoms with Gasteiger partial charge in [-0.3, -0.25) is 4.79 Å². The van der Waals surface area contributed by atoms with Crippen LogP contribution in [0.2, 0.25) is 0 Å². The van der Waals surface area contributed by atoms with Crippen LogP contribution in [0.1, 0.15) is 22.3 Å². The lowest BCUT2D eigenvalue weighted by Crippen LogP contribution is -2.47. The van der Waals surface area contributed by atoms with Gasteiger partial charge in [0, 0.05) is 38.4 Å². The van der Waals surface area contributed by atoms with Crippen LogP contribution in [0.5, 0.6) is 0 Å². The second kappa shape index (κ2) is 10.7. The zero-order chi connectivity index (χ0) is 23.2. The molecule has 1 fully saturated rings. The number of nitrogens with one attached hydrogen (secondary N) is 1. The number of nitrogens with zero attached hydrogens (tertiary/aromatic N) is 4. The Kier molecular flexibility index (Phi) is 7.50. The third-order valence-corrected chi connectivity index (χ3v) is 6.82. The fraction of sp³-hybridized carbons (Fsp3) is 0.346. The maximum atomic E-state index is 12.2. The predicted molar refractivity (Wildman–Crippen MR) is 136 cm³/mol. The van der Waals surface area contributed by atoms with Gasteiger partial charge in [0.25, 0.3) is 0 Å². The number of aryl methyl sites for hydroxylation is 3. The first-order valence-corrected chi connectivity index (χ1v) is 12.3. The molecule has 2 aromatic carbocycles. The zero-order valence-electron chi connectivity index (χ0n) is 19.5. The molecule has 0 radical (unpaired) electrons. The maximum Gasteiger partial charge on any atom is 0.230 e. The second-order valence-corrected chi connectivity index (χ2v) is 9.54. The first-order valence-electron chi connectivity index (χ1n) is 11.3. The van der Waals surface area contributed by atoms with Crippen LogP contribution in [-0.4, -0.2) is 48.0 Å². The number of benzene rings is 2. The molecule has 172 valence electrons. The minimum Gasteiger partial charge on any atom is -0.368 e. The molecular formula is C26H31N5OS. The van der Waals surface area contributed by atoms with Crippen molar-refractivity contribution >= 4 is 29.2 Å². The van der Waals surface area contributed by atoms with Gasteiger partial charge in [-0.25, -0.2) is 0 Å². The number of thioether (sulfide) groups is 1. The van der Waals surface area contributed by atoms with E-state index in [4.69, 9.17) is 0 Å². The summed E-state index contributed by atoms with van der Waals surface area (Å²) < 4.78 is 0. The van der Waals surface area contributed by atoms with Crippen molar-refractivity contribution in [3.63, 3.8) is 0 Å². The van der Waals surface area contributed by atoms with Gasteiger partial charge in [0.05, 0.1) is 5.75 Å². The molecule has 1 aliphatic rings. The highest BCUT2D eigenvalue weighted by atomic mass is 32.2. The van der Waals surface area contributed by atoms with E-state index in [0.29, 0.717) is 12.3 Å². The second-order valence-electron chi connectivity index (χ2n) is 8.54. The highest BCUT2D eigenvalue weighted by Crippen LogP contribution is 2.24. The van der Waals surface area contributed by atoms with E-state index in [1.165, 1.54) is 34.1 Å². The minimum atomic E-state index is -0.00554. The number of amides is 1. The van der Waals surface area contributed by atoms with Crippen molar-refractivity contribution in [2.75, 3.05) is 41.7 Å². The summed E-state index contributed by atoms with van der Waals surface area (Å²) in [4.78, 5) is 16.9. The van der Waals surface area contributed by atoms with E-state index in [1.807, 2.05) is 24.3 Å². The number of anilines is 2. The van der Waals surface area contributed by atoms with Crippen molar-refractivity contribution in [1.29, 1.82) is 0 Å². The Morgan fingerprint density at radius 3 is 2.27 bits per heavy atom. The van der Waals surface area contributed by atoms with Crippen LogP contribution in [0.25, 0.3) is 0 Å². The van der Waals surface area contributed by atoms with Gasteiger partial charge < -0.3 is 15.1 Å². The minimum absolute atomic E-state index is 0.00554. The van der Waals surface area contributed by atoms with Gasteiger partial charge in [0.1, 0.15) is 5.03 Å². The van der Waals surface area contributed by atoms with E-state index in [0.717, 1.165) is 42.6 Å². The molecule has 0 unspecified atom stereocenters. The number of carbonyl (C=O) groups is 1. The van der Waals surface area contributed by atoms with Gasteiger partial charge in [-0.1, -0.05) is 53.7 Å². The molecule has 6 nitrogen and oxygen atoms in total. The summed E-state index contributed by atoms with van der Waals surface area (Å²) in [7, 11) is 0. The molecule has 3 aromatic rings. The van der Waals surface area contributed by atoms with Crippen molar-refractivity contribution in [3.8, 4) is 0 Å². The molecule has 0 aliphatic carbocycles. The summed E-state index contributed by atoms with van der Waals surface area (Å²) in [5.74, 6) is 1.21. The van der Waals surface area contributed by atoms with E-state index in [1.54, 1.807) is 0 Å². The van der Waals surface area contributed by atoms with E-state index in [2.05, 4.69) is 76.4 Å². The molecule has 7 heteroatoms. The van der Waals surface area contributed by atoms with Gasteiger partial charge in [-0.15, -0.1) is 10.2 Å². The summed E-state index contributed by atoms with van der Waals surface area (Å²) in [5, 5.41) is 12.5. The third kappa shape index (κ3) is 6.26. The Hall–Kier alpha value is -3.06. The summed E-state index contributed by atoms with van der Waals surface area (Å²) in [6.07, 6.45) is 0. The Labute approximate surface area is 200 Å². The number of rotatable bonds is 7. The molecule has 4 rings (SSSR count). The standard InChI is InChI=1S/C26H31N5OS/c1-19-5-8-22(9-6-19)17-27-25(32)18-33-26-11-10-24(28-29-26)31-14-12-30(13-15-31)23-16-20(2)4-7-21(23)3/h4-11,16H,12-15,17-18H2,1-3H3,(H,27,32). The summed E-state index contributed by atoms with van der Waals surface area (Å²) >= 11 is 1.41. The van der Waals surface area contributed by atoms with Crippen molar-refractivity contribution < 1.29 is 4.79 Å². The molecular weight excluding hydrogens is 430 g/mol. The fourth-order valence-corrected chi connectivity index (χ4v) is 4.54. The molecule has 0 spiro atoms. The molecule has 1 aromatic heterocycles. The van der Waals surface area contributed by atoms with Gasteiger partial charge in [0.15, 0.2) is 5.82 Å². The number of carbonyl (C=O) groups excluding carboxylic acids is 1. The Bertz CT molecular complexity index is 1080. The first kappa shape index (κ1) is 23.1. The normalized spacial score (nSPS) is 13.8. The average molecular weight is 462 g/mol. The lowest BCUT2D eigenvalue weighted by atomic mass is 10.1. The molecule has 2 heterocycles. The summed E-state index contributed by atoms with van der Waals surface area (Å²) in [5.41, 5.74) is 6.25. The van der Waals surface area contributed by atoms with E-state index < -0.39 is 0 Å². The Balaban J connectivity index is 1.23. The van der Waals surface area contributed by atoms with Crippen LogP contribution in [0.15, 0.2) is 59.6 Å². The number of piperazine rings is 1. The number of hydrogen-bond acceptors (Lipinski definition) is 6. The average Bonchev–Trinajstić information content (AvgIpc) is 2.84. The SMILES string of the molecule is Cc1ccc(CNC(=O)CSc2ccc(N3CCN(c4cc(C)ccc4C)CC3)nn2)cc1. The highest BCUT2D eigenvalue weighted by Gasteiger charge is 2.20. The quantitative estimate of drug-likeness (QED) is 0.534. The predicted octanol–water partition coefficient (Wildman–Crippen LogP) is 4.14. The smallest absolute Gasteiger partial charge is 0.230 e. The van der Waals surface area contributed by atoms with E-state index >= 15 is 0 Å². The number of aromatic nitrogens is 2.